The molecule has 1 N–H and O–H groups in total. The van der Waals surface area contributed by atoms with E-state index in [0.29, 0.717) is 5.69 Å². The van der Waals surface area contributed by atoms with Gasteiger partial charge in [0.1, 0.15) is 0 Å². The van der Waals surface area contributed by atoms with Crippen LogP contribution in [0.2, 0.25) is 0 Å². The normalized spacial score (nSPS) is 10.1. The minimum atomic E-state index is -0.733. The maximum Gasteiger partial charge on any atom is 0.279 e. The van der Waals surface area contributed by atoms with Crippen LogP contribution in [0.4, 0.5) is 17.1 Å². The Balaban J connectivity index is 2.22. The van der Waals surface area contributed by atoms with Crippen LogP contribution in [0.3, 0.4) is 0 Å². The van der Waals surface area contributed by atoms with Gasteiger partial charge in [-0.05, 0) is 24.6 Å². The topological polar surface area (TPSA) is 115 Å². The molecule has 0 aliphatic carbocycles. The summed E-state index contributed by atoms with van der Waals surface area (Å²) in [5, 5.41) is 24.4. The summed E-state index contributed by atoms with van der Waals surface area (Å²) in [5.41, 5.74) is 0.756. The van der Waals surface area contributed by atoms with Gasteiger partial charge >= 0.3 is 0 Å². The highest BCUT2D eigenvalue weighted by molar-refractivity contribution is 5.93. The molecule has 8 nitrogen and oxygen atoms in total. The van der Waals surface area contributed by atoms with Crippen molar-refractivity contribution in [2.24, 2.45) is 0 Å². The third-order valence-corrected chi connectivity index (χ3v) is 3.25. The molecule has 0 saturated heterocycles. The summed E-state index contributed by atoms with van der Waals surface area (Å²) in [6.45, 7) is 1.82. The number of rotatable bonds is 5. The summed E-state index contributed by atoms with van der Waals surface area (Å²) in [6, 6.07) is 10.4. The first-order valence-corrected chi connectivity index (χ1v) is 6.65. The average molecular weight is 315 g/mol. The molecule has 0 aliphatic rings. The Morgan fingerprint density at radius 3 is 2.39 bits per heavy atom. The van der Waals surface area contributed by atoms with Crippen LogP contribution >= 0.6 is 0 Å². The van der Waals surface area contributed by atoms with Crippen molar-refractivity contribution in [3.8, 4) is 0 Å². The first-order chi connectivity index (χ1) is 10.9. The Bertz CT molecular complexity index is 788. The molecule has 0 fully saturated rings. The van der Waals surface area contributed by atoms with Gasteiger partial charge in [-0.3, -0.25) is 25.0 Å². The number of carbonyl (C=O) groups is 1. The van der Waals surface area contributed by atoms with Crippen molar-refractivity contribution in [1.82, 2.24) is 0 Å². The van der Waals surface area contributed by atoms with E-state index in [9.17, 15) is 25.0 Å². The molecular formula is C15H13N3O5. The molecule has 2 rings (SSSR count). The number of aryl methyl sites for hydroxylation is 1. The third kappa shape index (κ3) is 3.88. The second-order valence-electron chi connectivity index (χ2n) is 4.87. The lowest BCUT2D eigenvalue weighted by atomic mass is 10.1. The number of nitrogens with zero attached hydrogens (tertiary/aromatic N) is 2. The van der Waals surface area contributed by atoms with E-state index in [0.717, 1.165) is 17.7 Å². The van der Waals surface area contributed by atoms with Gasteiger partial charge in [0.25, 0.3) is 11.4 Å². The van der Waals surface area contributed by atoms with Crippen LogP contribution in [0.1, 0.15) is 11.1 Å². The molecule has 0 atom stereocenters. The van der Waals surface area contributed by atoms with Gasteiger partial charge in [-0.25, -0.2) is 0 Å². The molecule has 23 heavy (non-hydrogen) atoms. The summed E-state index contributed by atoms with van der Waals surface area (Å²) in [6.07, 6.45) is -0.247. The minimum Gasteiger partial charge on any atom is -0.326 e. The first kappa shape index (κ1) is 16.1. The maximum absolute atomic E-state index is 12.1. The van der Waals surface area contributed by atoms with E-state index >= 15 is 0 Å². The van der Waals surface area contributed by atoms with E-state index in [1.165, 1.54) is 6.07 Å². The van der Waals surface area contributed by atoms with Gasteiger partial charge in [-0.15, -0.1) is 0 Å². The number of carbonyl (C=O) groups excluding carboxylic acids is 1. The average Bonchev–Trinajstić information content (AvgIpc) is 2.49. The van der Waals surface area contributed by atoms with E-state index in [-0.39, 0.29) is 17.7 Å². The van der Waals surface area contributed by atoms with Crippen molar-refractivity contribution < 1.29 is 14.6 Å². The number of hydrogen-bond donors (Lipinski definition) is 1. The molecule has 1 amide bonds. The van der Waals surface area contributed by atoms with Crippen LogP contribution in [-0.4, -0.2) is 15.8 Å². The van der Waals surface area contributed by atoms with Crippen LogP contribution < -0.4 is 5.32 Å². The van der Waals surface area contributed by atoms with Gasteiger partial charge in [0.15, 0.2) is 0 Å². The van der Waals surface area contributed by atoms with E-state index < -0.39 is 21.4 Å². The fraction of sp³-hybridized carbons (Fsp3) is 0.133. The van der Waals surface area contributed by atoms with Gasteiger partial charge in [-0.1, -0.05) is 18.2 Å². The predicted molar refractivity (Wildman–Crippen MR) is 83.3 cm³/mol. The van der Waals surface area contributed by atoms with Crippen LogP contribution in [0.5, 0.6) is 0 Å². The van der Waals surface area contributed by atoms with Crippen molar-refractivity contribution in [1.29, 1.82) is 0 Å². The largest absolute Gasteiger partial charge is 0.326 e. The van der Waals surface area contributed by atoms with E-state index in [1.807, 2.05) is 19.1 Å². The highest BCUT2D eigenvalue weighted by Crippen LogP contribution is 2.25. The van der Waals surface area contributed by atoms with Gasteiger partial charge in [0.05, 0.1) is 22.3 Å². The second-order valence-corrected chi connectivity index (χ2v) is 4.87. The Morgan fingerprint density at radius 2 is 1.78 bits per heavy atom. The number of hydrogen-bond acceptors (Lipinski definition) is 5. The van der Waals surface area contributed by atoms with Crippen LogP contribution in [0.25, 0.3) is 0 Å². The molecule has 0 aromatic heterocycles. The number of nitro benzene ring substituents is 2. The Hall–Kier alpha value is -3.29. The monoisotopic (exact) mass is 315 g/mol. The fourth-order valence-electron chi connectivity index (χ4n) is 2.07. The SMILES string of the molecule is Cc1ccccc1NC(=O)Cc1ccc([N+](=O)[O-])cc1[N+](=O)[O-]. The molecule has 2 aromatic carbocycles. The zero-order chi connectivity index (χ0) is 17.0. The Morgan fingerprint density at radius 1 is 1.09 bits per heavy atom. The highest BCUT2D eigenvalue weighted by atomic mass is 16.6. The second kappa shape index (κ2) is 6.65. The number of non-ortho nitro benzene ring substituents is 1. The van der Waals surface area contributed by atoms with E-state index in [4.69, 9.17) is 0 Å². The molecule has 0 bridgehead atoms. The molecule has 0 saturated carbocycles. The highest BCUT2D eigenvalue weighted by Gasteiger charge is 2.21. The molecule has 118 valence electrons. The number of amides is 1. The Kier molecular flexibility index (Phi) is 4.65. The van der Waals surface area contributed by atoms with Gasteiger partial charge in [-0.2, -0.15) is 0 Å². The molecular weight excluding hydrogens is 302 g/mol. The molecule has 0 heterocycles. The number of benzene rings is 2. The maximum atomic E-state index is 12.1. The number of nitrogens with one attached hydrogen (secondary N) is 1. The lowest BCUT2D eigenvalue weighted by Crippen LogP contribution is -2.16. The summed E-state index contributed by atoms with van der Waals surface area (Å²) >= 11 is 0. The van der Waals surface area contributed by atoms with Gasteiger partial charge in [0, 0.05) is 17.3 Å². The van der Waals surface area contributed by atoms with Crippen LogP contribution in [-0.2, 0) is 11.2 Å². The zero-order valence-corrected chi connectivity index (χ0v) is 12.2. The van der Waals surface area contributed by atoms with Crippen LogP contribution in [0, 0.1) is 27.2 Å². The number of nitro groups is 2. The van der Waals surface area contributed by atoms with Crippen molar-refractivity contribution >= 4 is 23.0 Å². The lowest BCUT2D eigenvalue weighted by Gasteiger charge is -2.08. The smallest absolute Gasteiger partial charge is 0.279 e. The summed E-state index contributed by atoms with van der Waals surface area (Å²) < 4.78 is 0. The summed E-state index contributed by atoms with van der Waals surface area (Å²) in [7, 11) is 0. The van der Waals surface area contributed by atoms with Crippen LogP contribution in [0.15, 0.2) is 42.5 Å². The quantitative estimate of drug-likeness (QED) is 0.672. The zero-order valence-electron chi connectivity index (χ0n) is 12.2. The standard InChI is InChI=1S/C15H13N3O5/c1-10-4-2-3-5-13(10)16-15(19)8-11-6-7-12(17(20)21)9-14(11)18(22)23/h2-7,9H,8H2,1H3,(H,16,19). The fourth-order valence-corrected chi connectivity index (χ4v) is 2.07. The predicted octanol–water partition coefficient (Wildman–Crippen LogP) is 2.99. The molecule has 8 heteroatoms. The van der Waals surface area contributed by atoms with E-state index in [2.05, 4.69) is 5.32 Å². The lowest BCUT2D eigenvalue weighted by molar-refractivity contribution is -0.394. The van der Waals surface area contributed by atoms with Crippen molar-refractivity contribution in [3.05, 3.63) is 73.8 Å². The molecule has 0 unspecified atom stereocenters. The number of anilines is 1. The molecule has 0 radical (unpaired) electrons. The van der Waals surface area contributed by atoms with Crippen molar-refractivity contribution in [2.75, 3.05) is 5.32 Å². The molecule has 0 aliphatic heterocycles. The minimum absolute atomic E-state index is 0.117. The first-order valence-electron chi connectivity index (χ1n) is 6.65. The molecule has 2 aromatic rings. The Labute approximate surface area is 131 Å². The van der Waals surface area contributed by atoms with Crippen molar-refractivity contribution in [3.63, 3.8) is 0 Å². The summed E-state index contributed by atoms with van der Waals surface area (Å²) in [5.74, 6) is -0.434. The molecule has 0 spiro atoms. The number of para-hydroxylation sites is 1. The van der Waals surface area contributed by atoms with E-state index in [1.54, 1.807) is 12.1 Å². The summed E-state index contributed by atoms with van der Waals surface area (Å²) in [4.78, 5) is 32.3. The van der Waals surface area contributed by atoms with Gasteiger partial charge < -0.3 is 5.32 Å². The third-order valence-electron chi connectivity index (χ3n) is 3.25. The van der Waals surface area contributed by atoms with Crippen molar-refractivity contribution in [2.45, 2.75) is 13.3 Å². The van der Waals surface area contributed by atoms with Gasteiger partial charge in [0.2, 0.25) is 5.91 Å².